The molecule has 2 unspecified atom stereocenters. The summed E-state index contributed by atoms with van der Waals surface area (Å²) in [5.41, 5.74) is 5.39. The minimum Gasteiger partial charge on any atom is -0.462 e. The highest BCUT2D eigenvalue weighted by Gasteiger charge is 2.26. The fourth-order valence-electron chi connectivity index (χ4n) is 9.44. The van der Waals surface area contributed by atoms with Gasteiger partial charge >= 0.3 is 19.8 Å². The van der Waals surface area contributed by atoms with E-state index in [0.29, 0.717) is 6.42 Å². The quantitative estimate of drug-likeness (QED) is 0.0264. The molecule has 0 rings (SSSR count). The molecule has 0 amide bonds. The number of hydrogen-bond acceptors (Lipinski definition) is 8. The minimum absolute atomic E-state index is 0.0541. The van der Waals surface area contributed by atoms with Crippen molar-refractivity contribution in [3.8, 4) is 0 Å². The van der Waals surface area contributed by atoms with Gasteiger partial charge in [-0.3, -0.25) is 18.6 Å². The first-order chi connectivity index (χ1) is 38.8. The van der Waals surface area contributed by atoms with E-state index in [2.05, 4.69) is 98.9 Å². The van der Waals surface area contributed by atoms with Crippen LogP contribution in [0.2, 0.25) is 0 Å². The zero-order valence-electron chi connectivity index (χ0n) is 51.3. The summed E-state index contributed by atoms with van der Waals surface area (Å²) >= 11 is 0. The number of esters is 2. The molecule has 0 aromatic carbocycles. The number of allylic oxidation sites excluding steroid dienone is 14. The first-order valence-corrected chi connectivity index (χ1v) is 34.6. The van der Waals surface area contributed by atoms with E-state index in [1.54, 1.807) is 0 Å². The van der Waals surface area contributed by atoms with E-state index < -0.39 is 26.5 Å². The number of unbranched alkanes of at least 4 members (excludes halogenated alkanes) is 35. The molecule has 0 radical (unpaired) electrons. The molecule has 2 atom stereocenters. The number of ether oxygens (including phenoxy) is 2. The van der Waals surface area contributed by atoms with Crippen molar-refractivity contribution < 1.29 is 37.6 Å². The molecule has 0 fully saturated rings. The Balaban J connectivity index is 3.81. The topological polar surface area (TPSA) is 134 Å². The number of phosphoric ester groups is 1. The second-order valence-corrected chi connectivity index (χ2v) is 23.4. The highest BCUT2D eigenvalue weighted by molar-refractivity contribution is 7.47. The lowest BCUT2D eigenvalue weighted by Crippen LogP contribution is -2.29. The first kappa shape index (κ1) is 76.2. The third kappa shape index (κ3) is 64.2. The zero-order chi connectivity index (χ0) is 57.3. The Bertz CT molecular complexity index is 1570. The minimum atomic E-state index is -4.39. The van der Waals surface area contributed by atoms with Gasteiger partial charge in [-0.05, 0) is 70.6 Å². The van der Waals surface area contributed by atoms with E-state index in [0.717, 1.165) is 83.5 Å². The van der Waals surface area contributed by atoms with Gasteiger partial charge in [0.05, 0.1) is 13.2 Å². The molecule has 0 aromatic rings. The van der Waals surface area contributed by atoms with E-state index in [4.69, 9.17) is 24.3 Å². The average Bonchev–Trinajstić information content (AvgIpc) is 3.44. The van der Waals surface area contributed by atoms with Gasteiger partial charge < -0.3 is 20.1 Å². The fraction of sp³-hybridized carbons (Fsp3) is 0.768. The summed E-state index contributed by atoms with van der Waals surface area (Å²) in [4.78, 5) is 35.2. The number of carbonyl (C=O) groups excluding carboxylic acids is 2. The molecule has 9 nitrogen and oxygen atoms in total. The van der Waals surface area contributed by atoms with E-state index >= 15 is 0 Å². The van der Waals surface area contributed by atoms with Crippen LogP contribution in [0.15, 0.2) is 85.1 Å². The Labute approximate surface area is 487 Å². The Morgan fingerprint density at radius 1 is 0.392 bits per heavy atom. The van der Waals surface area contributed by atoms with Crippen molar-refractivity contribution >= 4 is 19.8 Å². The fourth-order valence-corrected chi connectivity index (χ4v) is 10.2. The largest absolute Gasteiger partial charge is 0.472 e. The predicted molar refractivity (Wildman–Crippen MR) is 339 cm³/mol. The van der Waals surface area contributed by atoms with Gasteiger partial charge in [-0.2, -0.15) is 0 Å². The second-order valence-electron chi connectivity index (χ2n) is 22.0. The summed E-state index contributed by atoms with van der Waals surface area (Å²) in [6, 6.07) is 0. The van der Waals surface area contributed by atoms with Crippen LogP contribution in [0.25, 0.3) is 0 Å². The van der Waals surface area contributed by atoms with Crippen LogP contribution in [0.5, 0.6) is 0 Å². The molecule has 0 heterocycles. The predicted octanol–water partition coefficient (Wildman–Crippen LogP) is 21.4. The molecule has 10 heteroatoms. The third-order valence-corrected chi connectivity index (χ3v) is 15.3. The molecule has 0 aliphatic carbocycles. The van der Waals surface area contributed by atoms with Crippen LogP contribution in [0.3, 0.4) is 0 Å². The summed E-state index contributed by atoms with van der Waals surface area (Å²) in [5, 5.41) is 0. The van der Waals surface area contributed by atoms with Gasteiger partial charge in [-0.25, -0.2) is 4.57 Å². The van der Waals surface area contributed by atoms with Gasteiger partial charge in [0.1, 0.15) is 6.61 Å². The summed E-state index contributed by atoms with van der Waals surface area (Å²) in [6.07, 6.45) is 85.3. The Kier molecular flexibility index (Phi) is 62.1. The van der Waals surface area contributed by atoms with Crippen molar-refractivity contribution in [2.75, 3.05) is 26.4 Å². The summed E-state index contributed by atoms with van der Waals surface area (Å²) in [7, 11) is -4.39. The molecule has 458 valence electrons. The van der Waals surface area contributed by atoms with Gasteiger partial charge in [-0.1, -0.05) is 311 Å². The molecular weight excluding hydrogens is 1000 g/mol. The lowest BCUT2D eigenvalue weighted by molar-refractivity contribution is -0.161. The molecule has 0 saturated carbocycles. The van der Waals surface area contributed by atoms with E-state index in [1.807, 2.05) is 0 Å². The Hall–Kier alpha value is -2.81. The normalized spacial score (nSPS) is 13.5. The van der Waals surface area contributed by atoms with Gasteiger partial charge in [0.15, 0.2) is 6.10 Å². The SMILES string of the molecule is CC/C=C\C/C=C\C/C=C\C/C=C\C/C=C\C/C=C\C/C=C\CCCCCCCCCCCCCCCCCCCCCC(=O)OC(COC(=O)CCCCCCCCCCCCCCCCCCC)COP(=O)(O)OCCN. The lowest BCUT2D eigenvalue weighted by Gasteiger charge is -2.19. The van der Waals surface area contributed by atoms with E-state index in [9.17, 15) is 19.0 Å². The van der Waals surface area contributed by atoms with Crippen LogP contribution in [0.4, 0.5) is 0 Å². The van der Waals surface area contributed by atoms with Crippen molar-refractivity contribution in [1.82, 2.24) is 0 Å². The zero-order valence-corrected chi connectivity index (χ0v) is 52.2. The van der Waals surface area contributed by atoms with Crippen molar-refractivity contribution in [1.29, 1.82) is 0 Å². The molecule has 79 heavy (non-hydrogen) atoms. The standard InChI is InChI=1S/C69H124NO8P/c1-3-5-7-9-11-13-15-17-19-21-22-23-24-25-26-27-28-29-30-31-32-33-34-35-36-37-38-39-40-41-42-43-44-46-48-50-52-54-56-58-60-62-69(72)78-67(66-77-79(73,74)76-64-63-70)65-75-68(71)61-59-57-55-53-51-49-47-45-20-18-16-14-12-10-8-6-4-2/h5,7,11,13,17,19,22-23,25-26,28-29,31-32,67H,3-4,6,8-10,12,14-16,18,20-21,24,27,30,33-66,70H2,1-2H3,(H,73,74)/b7-5-,13-11-,19-17-,23-22-,26-25-,29-28-,32-31-. The number of hydrogen-bond donors (Lipinski definition) is 2. The average molecular weight is 1130 g/mol. The van der Waals surface area contributed by atoms with Crippen LogP contribution in [0, 0.1) is 0 Å². The smallest absolute Gasteiger partial charge is 0.462 e. The second kappa shape index (κ2) is 64.4. The molecule has 0 aromatic heterocycles. The third-order valence-electron chi connectivity index (χ3n) is 14.3. The van der Waals surface area contributed by atoms with Gasteiger partial charge in [-0.15, -0.1) is 0 Å². The van der Waals surface area contributed by atoms with Crippen molar-refractivity contribution in [2.24, 2.45) is 5.73 Å². The highest BCUT2D eigenvalue weighted by atomic mass is 31.2. The summed E-state index contributed by atoms with van der Waals surface area (Å²) in [5.74, 6) is -0.813. The molecule has 0 aliphatic rings. The molecule has 0 aliphatic heterocycles. The van der Waals surface area contributed by atoms with Crippen LogP contribution in [-0.2, 0) is 32.7 Å². The number of nitrogens with two attached hydrogens (primary N) is 1. The van der Waals surface area contributed by atoms with E-state index in [-0.39, 0.29) is 38.6 Å². The first-order valence-electron chi connectivity index (χ1n) is 33.1. The molecular formula is C69H124NO8P. The van der Waals surface area contributed by atoms with Crippen LogP contribution >= 0.6 is 7.82 Å². The molecule has 0 saturated heterocycles. The maximum Gasteiger partial charge on any atom is 0.472 e. The van der Waals surface area contributed by atoms with Gasteiger partial charge in [0.2, 0.25) is 0 Å². The maximum atomic E-state index is 12.7. The Morgan fingerprint density at radius 2 is 0.696 bits per heavy atom. The number of phosphoric acid groups is 1. The van der Waals surface area contributed by atoms with E-state index in [1.165, 1.54) is 193 Å². The van der Waals surface area contributed by atoms with Crippen molar-refractivity contribution in [3.05, 3.63) is 85.1 Å². The number of rotatable bonds is 62. The van der Waals surface area contributed by atoms with Crippen LogP contribution in [-0.4, -0.2) is 49.3 Å². The number of carbonyl (C=O) groups is 2. The Morgan fingerprint density at radius 3 is 1.04 bits per heavy atom. The lowest BCUT2D eigenvalue weighted by atomic mass is 10.0. The maximum absolute atomic E-state index is 12.7. The molecule has 0 spiro atoms. The van der Waals surface area contributed by atoms with Crippen molar-refractivity contribution in [2.45, 2.75) is 315 Å². The molecule has 0 bridgehead atoms. The highest BCUT2D eigenvalue weighted by Crippen LogP contribution is 2.43. The van der Waals surface area contributed by atoms with Crippen LogP contribution < -0.4 is 5.73 Å². The van der Waals surface area contributed by atoms with Crippen molar-refractivity contribution in [3.63, 3.8) is 0 Å². The van der Waals surface area contributed by atoms with Crippen LogP contribution in [0.1, 0.15) is 309 Å². The summed E-state index contributed by atoms with van der Waals surface area (Å²) in [6.45, 7) is 3.67. The van der Waals surface area contributed by atoms with Gasteiger partial charge in [0.25, 0.3) is 0 Å². The van der Waals surface area contributed by atoms with Gasteiger partial charge in [0, 0.05) is 19.4 Å². The summed E-state index contributed by atoms with van der Waals surface area (Å²) < 4.78 is 33.1. The molecule has 3 N–H and O–H groups in total. The monoisotopic (exact) mass is 1130 g/mol.